The van der Waals surface area contributed by atoms with E-state index in [4.69, 9.17) is 4.74 Å². The summed E-state index contributed by atoms with van der Waals surface area (Å²) in [6.45, 7) is 5.78. The smallest absolute Gasteiger partial charge is 0.119 e. The summed E-state index contributed by atoms with van der Waals surface area (Å²) >= 11 is 0. The van der Waals surface area contributed by atoms with Crippen molar-refractivity contribution in [1.82, 2.24) is 15.1 Å². The number of aromatic nitrogens is 2. The normalized spacial score (nSPS) is 12.3. The summed E-state index contributed by atoms with van der Waals surface area (Å²) in [5.74, 6) is 0.909. The zero-order valence-corrected chi connectivity index (χ0v) is 12.5. The van der Waals surface area contributed by atoms with Gasteiger partial charge in [-0.3, -0.25) is 4.68 Å². The van der Waals surface area contributed by atoms with E-state index < -0.39 is 0 Å². The van der Waals surface area contributed by atoms with Crippen LogP contribution in [0.1, 0.15) is 37.6 Å². The molecule has 1 heterocycles. The van der Waals surface area contributed by atoms with Gasteiger partial charge in [0.05, 0.1) is 18.3 Å². The first kappa shape index (κ1) is 14.6. The molecule has 0 aliphatic rings. The van der Waals surface area contributed by atoms with Gasteiger partial charge in [-0.15, -0.1) is 0 Å². The molecule has 1 aromatic heterocycles. The largest absolute Gasteiger partial charge is 0.494 e. The second-order valence-corrected chi connectivity index (χ2v) is 4.71. The van der Waals surface area contributed by atoms with E-state index in [1.165, 1.54) is 11.3 Å². The van der Waals surface area contributed by atoms with Crippen molar-refractivity contribution >= 4 is 0 Å². The molecule has 1 atom stereocenters. The number of ether oxygens (including phenoxy) is 1. The van der Waals surface area contributed by atoms with Crippen molar-refractivity contribution in [3.8, 4) is 5.75 Å². The van der Waals surface area contributed by atoms with E-state index in [2.05, 4.69) is 40.2 Å². The Kier molecular flexibility index (Phi) is 5.18. The van der Waals surface area contributed by atoms with Crippen LogP contribution in [-0.2, 0) is 6.54 Å². The van der Waals surface area contributed by atoms with Gasteiger partial charge in [0.2, 0.25) is 0 Å². The van der Waals surface area contributed by atoms with Gasteiger partial charge >= 0.3 is 0 Å². The van der Waals surface area contributed by atoms with Gasteiger partial charge in [0.15, 0.2) is 0 Å². The van der Waals surface area contributed by atoms with Crippen LogP contribution in [0.3, 0.4) is 0 Å². The van der Waals surface area contributed by atoms with Gasteiger partial charge in [-0.25, -0.2) is 0 Å². The van der Waals surface area contributed by atoms with Gasteiger partial charge in [0, 0.05) is 12.7 Å². The fourth-order valence-electron chi connectivity index (χ4n) is 2.42. The van der Waals surface area contributed by atoms with Crippen LogP contribution in [0.5, 0.6) is 5.75 Å². The highest BCUT2D eigenvalue weighted by Gasteiger charge is 2.16. The average molecular weight is 273 g/mol. The van der Waals surface area contributed by atoms with Crippen molar-refractivity contribution < 1.29 is 4.74 Å². The van der Waals surface area contributed by atoms with Crippen molar-refractivity contribution in [3.05, 3.63) is 47.8 Å². The van der Waals surface area contributed by atoms with Crippen LogP contribution in [0.25, 0.3) is 0 Å². The highest BCUT2D eigenvalue weighted by molar-refractivity contribution is 5.34. The molecule has 1 N–H and O–H groups in total. The maximum absolute atomic E-state index is 5.59. The van der Waals surface area contributed by atoms with Crippen LogP contribution in [0.15, 0.2) is 36.5 Å². The summed E-state index contributed by atoms with van der Waals surface area (Å²) in [6, 6.07) is 10.4. The Balaban J connectivity index is 2.31. The van der Waals surface area contributed by atoms with E-state index in [-0.39, 0.29) is 6.04 Å². The molecule has 0 amide bonds. The lowest BCUT2D eigenvalue weighted by Gasteiger charge is -2.19. The molecule has 1 unspecified atom stereocenters. The van der Waals surface area contributed by atoms with E-state index in [1.54, 1.807) is 0 Å². The molecule has 4 heteroatoms. The highest BCUT2D eigenvalue weighted by atomic mass is 16.5. The Morgan fingerprint density at radius 3 is 2.85 bits per heavy atom. The van der Waals surface area contributed by atoms with Crippen LogP contribution >= 0.6 is 0 Å². The summed E-state index contributed by atoms with van der Waals surface area (Å²) in [4.78, 5) is 0. The van der Waals surface area contributed by atoms with Crippen molar-refractivity contribution in [1.29, 1.82) is 0 Å². The molecule has 0 aliphatic heterocycles. The molecule has 108 valence electrons. The summed E-state index contributed by atoms with van der Waals surface area (Å²) < 4.78 is 7.65. The first-order valence-corrected chi connectivity index (χ1v) is 7.21. The van der Waals surface area contributed by atoms with Crippen LogP contribution < -0.4 is 10.1 Å². The number of aryl methyl sites for hydroxylation is 1. The van der Waals surface area contributed by atoms with Gasteiger partial charge in [-0.2, -0.15) is 5.10 Å². The monoisotopic (exact) mass is 273 g/mol. The Hall–Kier alpha value is -1.81. The number of nitrogens with one attached hydrogen (secondary N) is 1. The van der Waals surface area contributed by atoms with Gasteiger partial charge in [0.1, 0.15) is 5.75 Å². The maximum Gasteiger partial charge on any atom is 0.119 e. The molecule has 0 saturated heterocycles. The van der Waals surface area contributed by atoms with Crippen molar-refractivity contribution in [3.63, 3.8) is 0 Å². The average Bonchev–Trinajstić information content (AvgIpc) is 2.89. The van der Waals surface area contributed by atoms with Crippen LogP contribution in [-0.4, -0.2) is 23.4 Å². The Bertz CT molecular complexity index is 536. The van der Waals surface area contributed by atoms with Gasteiger partial charge in [-0.1, -0.05) is 19.1 Å². The molecule has 0 saturated carbocycles. The Morgan fingerprint density at radius 1 is 1.30 bits per heavy atom. The lowest BCUT2D eigenvalue weighted by molar-refractivity contribution is 0.339. The maximum atomic E-state index is 5.59. The molecule has 0 spiro atoms. The van der Waals surface area contributed by atoms with Crippen molar-refractivity contribution in [2.45, 2.75) is 32.9 Å². The molecule has 0 fully saturated rings. The van der Waals surface area contributed by atoms with Gasteiger partial charge in [0.25, 0.3) is 0 Å². The Morgan fingerprint density at radius 2 is 2.15 bits per heavy atom. The number of hydrogen-bond donors (Lipinski definition) is 1. The zero-order chi connectivity index (χ0) is 14.4. The van der Waals surface area contributed by atoms with Crippen LogP contribution in [0.2, 0.25) is 0 Å². The first-order chi connectivity index (χ1) is 9.80. The number of benzene rings is 1. The number of nitrogens with zero attached hydrogens (tertiary/aromatic N) is 2. The predicted octanol–water partition coefficient (Wildman–Crippen LogP) is 3.00. The lowest BCUT2D eigenvalue weighted by atomic mass is 10.0. The SMILES string of the molecule is CCCn1nccc1C(NC)c1cccc(OCC)c1. The van der Waals surface area contributed by atoms with E-state index >= 15 is 0 Å². The molecule has 4 nitrogen and oxygen atoms in total. The minimum Gasteiger partial charge on any atom is -0.494 e. The molecule has 20 heavy (non-hydrogen) atoms. The Labute approximate surface area is 120 Å². The van der Waals surface area contributed by atoms with E-state index in [0.29, 0.717) is 6.61 Å². The number of rotatable bonds is 7. The third-order valence-corrected chi connectivity index (χ3v) is 3.27. The van der Waals surface area contributed by atoms with Gasteiger partial charge in [-0.05, 0) is 44.2 Å². The fraction of sp³-hybridized carbons (Fsp3) is 0.438. The first-order valence-electron chi connectivity index (χ1n) is 7.21. The van der Waals surface area contributed by atoms with Crippen LogP contribution in [0.4, 0.5) is 0 Å². The molecule has 0 aliphatic carbocycles. The molecule has 2 aromatic rings. The summed E-state index contributed by atoms with van der Waals surface area (Å²) in [5, 5.41) is 7.78. The summed E-state index contributed by atoms with van der Waals surface area (Å²) in [5.41, 5.74) is 2.37. The quantitative estimate of drug-likeness (QED) is 0.843. The van der Waals surface area contributed by atoms with E-state index in [0.717, 1.165) is 18.7 Å². The minimum atomic E-state index is 0.129. The molecule has 1 aromatic carbocycles. The number of hydrogen-bond acceptors (Lipinski definition) is 3. The van der Waals surface area contributed by atoms with Crippen molar-refractivity contribution in [2.75, 3.05) is 13.7 Å². The lowest BCUT2D eigenvalue weighted by Crippen LogP contribution is -2.21. The third kappa shape index (κ3) is 3.20. The molecule has 0 radical (unpaired) electrons. The minimum absolute atomic E-state index is 0.129. The van der Waals surface area contributed by atoms with E-state index in [1.807, 2.05) is 32.3 Å². The van der Waals surface area contributed by atoms with Crippen molar-refractivity contribution in [2.24, 2.45) is 0 Å². The standard InChI is InChI=1S/C16H23N3O/c1-4-11-19-15(9-10-18-19)16(17-3)13-7-6-8-14(12-13)20-5-2/h6-10,12,16-17H,4-5,11H2,1-3H3. The van der Waals surface area contributed by atoms with Gasteiger partial charge < -0.3 is 10.1 Å². The highest BCUT2D eigenvalue weighted by Crippen LogP contribution is 2.25. The topological polar surface area (TPSA) is 39.1 Å². The predicted molar refractivity (Wildman–Crippen MR) is 81.0 cm³/mol. The second-order valence-electron chi connectivity index (χ2n) is 4.71. The molecular formula is C16H23N3O. The summed E-state index contributed by atoms with van der Waals surface area (Å²) in [6.07, 6.45) is 2.94. The fourth-order valence-corrected chi connectivity index (χ4v) is 2.42. The third-order valence-electron chi connectivity index (χ3n) is 3.27. The van der Waals surface area contributed by atoms with E-state index in [9.17, 15) is 0 Å². The molecule has 2 rings (SSSR count). The second kappa shape index (κ2) is 7.10. The summed E-state index contributed by atoms with van der Waals surface area (Å²) in [7, 11) is 1.97. The molecule has 0 bridgehead atoms. The van der Waals surface area contributed by atoms with Crippen LogP contribution in [0, 0.1) is 0 Å². The molecular weight excluding hydrogens is 250 g/mol. The zero-order valence-electron chi connectivity index (χ0n) is 12.5.